The van der Waals surface area contributed by atoms with Gasteiger partial charge in [0.05, 0.1) is 4.92 Å². The average molecular weight is 262 g/mol. The fourth-order valence-corrected chi connectivity index (χ4v) is 2.00. The van der Waals surface area contributed by atoms with Gasteiger partial charge >= 0.3 is 0 Å². The van der Waals surface area contributed by atoms with Gasteiger partial charge in [0.2, 0.25) is 5.16 Å². The molecule has 0 spiro atoms. The van der Waals surface area contributed by atoms with Crippen molar-refractivity contribution in [1.82, 2.24) is 20.2 Å². The minimum absolute atomic E-state index is 0.0282. The van der Waals surface area contributed by atoms with E-state index in [0.717, 1.165) is 0 Å². The SMILES string of the molecule is Cn1nnnc1Sc1ccc(C#N)c([N+](=O)[O-])c1. The standard InChI is InChI=1S/C9H6N6O2S/c1-14-9(11-12-13-14)18-7-3-2-6(5-10)8(4-7)15(16)17/h2-4H,1H3. The number of nitriles is 1. The van der Waals surface area contributed by atoms with E-state index in [9.17, 15) is 10.1 Å². The Hall–Kier alpha value is -2.47. The van der Waals surface area contributed by atoms with Crippen molar-refractivity contribution in [2.24, 2.45) is 7.05 Å². The van der Waals surface area contributed by atoms with Crippen LogP contribution in [0.15, 0.2) is 28.3 Å². The number of rotatable bonds is 3. The molecule has 9 heteroatoms. The van der Waals surface area contributed by atoms with E-state index in [1.165, 1.54) is 28.6 Å². The van der Waals surface area contributed by atoms with Gasteiger partial charge in [0.1, 0.15) is 11.6 Å². The van der Waals surface area contributed by atoms with Gasteiger partial charge in [-0.1, -0.05) is 0 Å². The maximum Gasteiger partial charge on any atom is 0.288 e. The van der Waals surface area contributed by atoms with Crippen LogP contribution in [0.1, 0.15) is 5.56 Å². The summed E-state index contributed by atoms with van der Waals surface area (Å²) in [7, 11) is 1.67. The molecule has 0 unspecified atom stereocenters. The molecule has 0 amide bonds. The van der Waals surface area contributed by atoms with Crippen molar-refractivity contribution in [2.45, 2.75) is 10.1 Å². The van der Waals surface area contributed by atoms with E-state index in [1.807, 2.05) is 0 Å². The lowest BCUT2D eigenvalue weighted by atomic mass is 10.2. The molecule has 1 heterocycles. The first-order valence-electron chi connectivity index (χ1n) is 4.70. The number of nitro benzene ring substituents is 1. The van der Waals surface area contributed by atoms with Crippen LogP contribution in [0.3, 0.4) is 0 Å². The van der Waals surface area contributed by atoms with Crippen LogP contribution in [0.5, 0.6) is 0 Å². The highest BCUT2D eigenvalue weighted by Crippen LogP contribution is 2.29. The zero-order chi connectivity index (χ0) is 13.1. The number of aromatic nitrogens is 4. The molecule has 0 radical (unpaired) electrons. The molecule has 0 bridgehead atoms. The second kappa shape index (κ2) is 4.80. The van der Waals surface area contributed by atoms with Crippen molar-refractivity contribution in [3.63, 3.8) is 0 Å². The lowest BCUT2D eigenvalue weighted by Gasteiger charge is -2.00. The Morgan fingerprint density at radius 2 is 2.33 bits per heavy atom. The number of aryl methyl sites for hydroxylation is 1. The molecular weight excluding hydrogens is 256 g/mol. The van der Waals surface area contributed by atoms with Crippen molar-refractivity contribution in [1.29, 1.82) is 5.26 Å². The molecular formula is C9H6N6O2S. The first-order valence-corrected chi connectivity index (χ1v) is 5.52. The van der Waals surface area contributed by atoms with Gasteiger partial charge in [-0.15, -0.1) is 5.10 Å². The number of tetrazole rings is 1. The maximum atomic E-state index is 10.8. The molecule has 0 fully saturated rings. The first kappa shape index (κ1) is 12.0. The molecule has 0 atom stereocenters. The van der Waals surface area contributed by atoms with Gasteiger partial charge in [-0.05, 0) is 34.3 Å². The fourth-order valence-electron chi connectivity index (χ4n) is 1.23. The Labute approximate surface area is 105 Å². The normalized spacial score (nSPS) is 10.0. The Morgan fingerprint density at radius 3 is 2.89 bits per heavy atom. The molecule has 1 aromatic carbocycles. The smallest absolute Gasteiger partial charge is 0.258 e. The van der Waals surface area contributed by atoms with Crippen LogP contribution in [0, 0.1) is 21.4 Å². The van der Waals surface area contributed by atoms with Crippen molar-refractivity contribution in [2.75, 3.05) is 0 Å². The zero-order valence-electron chi connectivity index (χ0n) is 9.14. The molecule has 0 aliphatic rings. The third-order valence-electron chi connectivity index (χ3n) is 2.08. The summed E-state index contributed by atoms with van der Waals surface area (Å²) in [5, 5.41) is 30.9. The lowest BCUT2D eigenvalue weighted by molar-refractivity contribution is -0.385. The zero-order valence-corrected chi connectivity index (χ0v) is 9.96. The third kappa shape index (κ3) is 2.28. The average Bonchev–Trinajstić information content (AvgIpc) is 2.75. The van der Waals surface area contributed by atoms with E-state index < -0.39 is 4.92 Å². The van der Waals surface area contributed by atoms with Crippen molar-refractivity contribution < 1.29 is 4.92 Å². The fraction of sp³-hybridized carbons (Fsp3) is 0.111. The van der Waals surface area contributed by atoms with Crippen LogP contribution in [-0.4, -0.2) is 25.1 Å². The molecule has 8 nitrogen and oxygen atoms in total. The van der Waals surface area contributed by atoms with Gasteiger partial charge in [-0.25, -0.2) is 4.68 Å². The summed E-state index contributed by atoms with van der Waals surface area (Å²) in [5.41, 5.74) is -0.196. The van der Waals surface area contributed by atoms with Crippen LogP contribution in [-0.2, 0) is 7.05 Å². The van der Waals surface area contributed by atoms with E-state index in [-0.39, 0.29) is 11.3 Å². The minimum Gasteiger partial charge on any atom is -0.258 e. The summed E-state index contributed by atoms with van der Waals surface area (Å²) in [5.74, 6) is 0. The van der Waals surface area contributed by atoms with Crippen LogP contribution >= 0.6 is 11.8 Å². The van der Waals surface area contributed by atoms with Gasteiger partial charge in [0.15, 0.2) is 0 Å². The third-order valence-corrected chi connectivity index (χ3v) is 3.09. The van der Waals surface area contributed by atoms with E-state index in [0.29, 0.717) is 10.1 Å². The van der Waals surface area contributed by atoms with Crippen LogP contribution in [0.25, 0.3) is 0 Å². The predicted octanol–water partition coefficient (Wildman–Crippen LogP) is 1.14. The topological polar surface area (TPSA) is 111 Å². The van der Waals surface area contributed by atoms with Gasteiger partial charge in [0.25, 0.3) is 5.69 Å². The second-order valence-corrected chi connectivity index (χ2v) is 4.28. The van der Waals surface area contributed by atoms with Crippen molar-refractivity contribution in [3.05, 3.63) is 33.9 Å². The second-order valence-electron chi connectivity index (χ2n) is 3.23. The molecule has 0 aliphatic carbocycles. The van der Waals surface area contributed by atoms with Crippen molar-refractivity contribution in [3.8, 4) is 6.07 Å². The number of hydrogen-bond donors (Lipinski definition) is 0. The molecule has 90 valence electrons. The van der Waals surface area contributed by atoms with E-state index in [2.05, 4.69) is 15.5 Å². The quantitative estimate of drug-likeness (QED) is 0.602. The first-order chi connectivity index (χ1) is 8.61. The molecule has 2 aromatic rings. The highest BCUT2D eigenvalue weighted by Gasteiger charge is 2.15. The number of nitrogens with zero attached hydrogens (tertiary/aromatic N) is 6. The predicted molar refractivity (Wildman–Crippen MR) is 60.7 cm³/mol. The summed E-state index contributed by atoms with van der Waals surface area (Å²) in [4.78, 5) is 10.8. The summed E-state index contributed by atoms with van der Waals surface area (Å²) >= 11 is 1.18. The Kier molecular flexibility index (Phi) is 3.20. The summed E-state index contributed by atoms with van der Waals surface area (Å²) < 4.78 is 1.45. The Morgan fingerprint density at radius 1 is 1.56 bits per heavy atom. The monoisotopic (exact) mass is 262 g/mol. The number of benzene rings is 1. The summed E-state index contributed by atoms with van der Waals surface area (Å²) in [6, 6.07) is 6.13. The molecule has 0 aliphatic heterocycles. The van der Waals surface area contributed by atoms with Crippen LogP contribution in [0.2, 0.25) is 0 Å². The van der Waals surface area contributed by atoms with Crippen LogP contribution in [0.4, 0.5) is 5.69 Å². The molecule has 0 N–H and O–H groups in total. The highest BCUT2D eigenvalue weighted by molar-refractivity contribution is 7.99. The van der Waals surface area contributed by atoms with Gasteiger partial charge in [-0.3, -0.25) is 10.1 Å². The number of hydrogen-bond acceptors (Lipinski definition) is 7. The highest BCUT2D eigenvalue weighted by atomic mass is 32.2. The molecule has 0 saturated heterocycles. The molecule has 18 heavy (non-hydrogen) atoms. The van der Waals surface area contributed by atoms with E-state index in [4.69, 9.17) is 5.26 Å². The Balaban J connectivity index is 2.36. The van der Waals surface area contributed by atoms with Gasteiger partial charge in [0, 0.05) is 18.0 Å². The lowest BCUT2D eigenvalue weighted by Crippen LogP contribution is -1.94. The van der Waals surface area contributed by atoms with E-state index in [1.54, 1.807) is 19.2 Å². The van der Waals surface area contributed by atoms with E-state index >= 15 is 0 Å². The molecule has 1 aromatic heterocycles. The van der Waals surface area contributed by atoms with Crippen molar-refractivity contribution >= 4 is 17.4 Å². The minimum atomic E-state index is -0.586. The van der Waals surface area contributed by atoms with Crippen LogP contribution < -0.4 is 0 Å². The number of nitro groups is 1. The summed E-state index contributed by atoms with van der Waals surface area (Å²) in [6.07, 6.45) is 0. The maximum absolute atomic E-state index is 10.8. The molecule has 0 saturated carbocycles. The molecule has 2 rings (SSSR count). The summed E-state index contributed by atoms with van der Waals surface area (Å²) in [6.45, 7) is 0. The van der Waals surface area contributed by atoms with Gasteiger partial charge in [-0.2, -0.15) is 5.26 Å². The Bertz CT molecular complexity index is 647. The van der Waals surface area contributed by atoms with Gasteiger partial charge < -0.3 is 0 Å². The largest absolute Gasteiger partial charge is 0.288 e.